The Morgan fingerprint density at radius 3 is 2.15 bits per heavy atom. The number of alkyl carbamates (subject to hydrolysis) is 1. The maximum absolute atomic E-state index is 13.4. The summed E-state index contributed by atoms with van der Waals surface area (Å²) < 4.78 is 21.5. The molecule has 216 valence electrons. The van der Waals surface area contributed by atoms with Gasteiger partial charge in [0.15, 0.2) is 11.5 Å². The van der Waals surface area contributed by atoms with Gasteiger partial charge in [0, 0.05) is 23.4 Å². The van der Waals surface area contributed by atoms with Crippen LogP contribution in [0.2, 0.25) is 0 Å². The van der Waals surface area contributed by atoms with Gasteiger partial charge in [-0.3, -0.25) is 9.78 Å². The van der Waals surface area contributed by atoms with Crippen LogP contribution in [0, 0.1) is 26.2 Å². The first-order chi connectivity index (χ1) is 18.4. The summed E-state index contributed by atoms with van der Waals surface area (Å²) in [5, 5.41) is 2.86. The van der Waals surface area contributed by atoms with E-state index in [4.69, 9.17) is 23.3 Å². The van der Waals surface area contributed by atoms with Crippen LogP contribution in [0.15, 0.2) is 37.9 Å². The number of rotatable bonds is 7. The maximum Gasteiger partial charge on any atom is 0.519 e. The number of carbonyl (C=O) groups excluding carboxylic acids is 2. The zero-order chi connectivity index (χ0) is 30.0. The van der Waals surface area contributed by atoms with Gasteiger partial charge in [-0.15, -0.1) is 0 Å². The van der Waals surface area contributed by atoms with Crippen molar-refractivity contribution in [1.29, 1.82) is 0 Å². The summed E-state index contributed by atoms with van der Waals surface area (Å²) in [6.45, 7) is 18.7. The van der Waals surface area contributed by atoms with Crippen LogP contribution in [0.1, 0.15) is 88.4 Å². The Labute approximate surface area is 235 Å². The van der Waals surface area contributed by atoms with Crippen molar-refractivity contribution in [2.75, 3.05) is 0 Å². The summed E-state index contributed by atoms with van der Waals surface area (Å²) in [5.74, 6) is -1.84. The fraction of sp³-hybridized carbons (Fsp3) is 0.484. The van der Waals surface area contributed by atoms with Crippen LogP contribution < -0.4 is 15.9 Å². The lowest BCUT2D eigenvalue weighted by Gasteiger charge is -2.25. The molecule has 2 aromatic heterocycles. The minimum atomic E-state index is -0.908. The van der Waals surface area contributed by atoms with Gasteiger partial charge in [-0.1, -0.05) is 50.6 Å². The zero-order valence-corrected chi connectivity index (χ0v) is 25.1. The molecule has 1 amide bonds. The fourth-order valence-corrected chi connectivity index (χ4v) is 4.29. The number of pyridine rings is 1. The molecule has 0 saturated carbocycles. The van der Waals surface area contributed by atoms with Crippen LogP contribution in [-0.4, -0.2) is 22.6 Å². The van der Waals surface area contributed by atoms with E-state index in [9.17, 15) is 14.4 Å². The number of carbonyl (C=O) groups is 2. The number of amides is 1. The average Bonchev–Trinajstić information content (AvgIpc) is 3.15. The van der Waals surface area contributed by atoms with Crippen LogP contribution in [-0.2, 0) is 22.5 Å². The van der Waals surface area contributed by atoms with Gasteiger partial charge >= 0.3 is 17.9 Å². The SMILES string of the molecule is Cc1ccc(-c2c(CNC(=O)OC(C)(C)C)c(CC(C)(C)C)nc(C)c2OC(=O)C(C)c2oc(=O)oc2C)cc1. The lowest BCUT2D eigenvalue weighted by Crippen LogP contribution is -2.33. The number of nitrogens with one attached hydrogen (secondary N) is 1. The Hall–Kier alpha value is -3.88. The molecule has 3 aromatic rings. The second-order valence-electron chi connectivity index (χ2n) is 12.3. The molecular formula is C31H40N2O7. The predicted octanol–water partition coefficient (Wildman–Crippen LogP) is 6.54. The van der Waals surface area contributed by atoms with E-state index in [1.54, 1.807) is 41.5 Å². The minimum Gasteiger partial charge on any atom is -0.444 e. The van der Waals surface area contributed by atoms with E-state index >= 15 is 0 Å². The Morgan fingerprint density at radius 1 is 1.00 bits per heavy atom. The van der Waals surface area contributed by atoms with Crippen LogP contribution >= 0.6 is 0 Å². The molecule has 40 heavy (non-hydrogen) atoms. The van der Waals surface area contributed by atoms with Gasteiger partial charge in [0.1, 0.15) is 17.3 Å². The Balaban J connectivity index is 2.17. The molecule has 9 nitrogen and oxygen atoms in total. The Kier molecular flexibility index (Phi) is 8.97. The smallest absolute Gasteiger partial charge is 0.444 e. The lowest BCUT2D eigenvalue weighted by molar-refractivity contribution is -0.136. The highest BCUT2D eigenvalue weighted by Crippen LogP contribution is 2.40. The first-order valence-electron chi connectivity index (χ1n) is 13.3. The zero-order valence-electron chi connectivity index (χ0n) is 25.1. The van der Waals surface area contributed by atoms with Crippen molar-refractivity contribution in [3.63, 3.8) is 0 Å². The van der Waals surface area contributed by atoms with Crippen molar-refractivity contribution in [2.45, 2.75) is 93.7 Å². The molecule has 1 unspecified atom stereocenters. The third kappa shape index (κ3) is 7.83. The van der Waals surface area contributed by atoms with Gasteiger partial charge in [0.05, 0.1) is 5.69 Å². The lowest BCUT2D eigenvalue weighted by atomic mass is 9.86. The topological polar surface area (TPSA) is 121 Å². The van der Waals surface area contributed by atoms with Crippen molar-refractivity contribution < 1.29 is 27.9 Å². The normalized spacial score (nSPS) is 12.7. The van der Waals surface area contributed by atoms with Crippen molar-refractivity contribution in [3.05, 3.63) is 68.9 Å². The first kappa shape index (κ1) is 30.7. The molecule has 0 aliphatic rings. The molecule has 1 atom stereocenters. The molecule has 1 N–H and O–H groups in total. The summed E-state index contributed by atoms with van der Waals surface area (Å²) in [5.41, 5.74) is 3.74. The number of hydrogen-bond acceptors (Lipinski definition) is 8. The largest absolute Gasteiger partial charge is 0.519 e. The summed E-state index contributed by atoms with van der Waals surface area (Å²) >= 11 is 0. The first-order valence-corrected chi connectivity index (χ1v) is 13.3. The molecule has 0 radical (unpaired) electrons. The summed E-state index contributed by atoms with van der Waals surface area (Å²) in [4.78, 5) is 42.5. The minimum absolute atomic E-state index is 0.104. The molecule has 0 bridgehead atoms. The van der Waals surface area contributed by atoms with Crippen molar-refractivity contribution in [3.8, 4) is 16.9 Å². The molecule has 9 heteroatoms. The average molecular weight is 553 g/mol. The van der Waals surface area contributed by atoms with E-state index in [0.717, 1.165) is 22.4 Å². The van der Waals surface area contributed by atoms with E-state index in [1.807, 2.05) is 31.2 Å². The molecule has 0 spiro atoms. The summed E-state index contributed by atoms with van der Waals surface area (Å²) in [6, 6.07) is 7.83. The molecule has 1 aromatic carbocycles. The van der Waals surface area contributed by atoms with Gasteiger partial charge in [-0.05, 0) is 65.9 Å². The van der Waals surface area contributed by atoms with Gasteiger partial charge in [-0.25, -0.2) is 9.59 Å². The van der Waals surface area contributed by atoms with E-state index in [2.05, 4.69) is 26.1 Å². The van der Waals surface area contributed by atoms with Crippen molar-refractivity contribution in [2.24, 2.45) is 5.41 Å². The summed E-state index contributed by atoms with van der Waals surface area (Å²) in [6.07, 6.45) is 0.0458. The highest BCUT2D eigenvalue weighted by molar-refractivity contribution is 5.84. The second-order valence-corrected chi connectivity index (χ2v) is 12.3. The van der Waals surface area contributed by atoms with E-state index in [1.165, 1.54) is 0 Å². The molecule has 2 heterocycles. The number of esters is 1. The number of hydrogen-bond donors (Lipinski definition) is 1. The number of aromatic nitrogens is 1. The highest BCUT2D eigenvalue weighted by Gasteiger charge is 2.30. The van der Waals surface area contributed by atoms with Gasteiger partial charge in [0.2, 0.25) is 0 Å². The Morgan fingerprint density at radius 2 is 1.62 bits per heavy atom. The molecule has 0 aliphatic carbocycles. The maximum atomic E-state index is 13.4. The van der Waals surface area contributed by atoms with Gasteiger partial charge < -0.3 is 23.6 Å². The quantitative estimate of drug-likeness (QED) is 0.328. The number of ether oxygens (including phenoxy) is 2. The van der Waals surface area contributed by atoms with Crippen LogP contribution in [0.3, 0.4) is 0 Å². The molecule has 3 rings (SSSR count). The third-order valence-corrected chi connectivity index (χ3v) is 6.08. The third-order valence-electron chi connectivity index (χ3n) is 6.08. The van der Waals surface area contributed by atoms with Crippen molar-refractivity contribution >= 4 is 12.1 Å². The molecular weight excluding hydrogens is 512 g/mol. The van der Waals surface area contributed by atoms with Crippen LogP contribution in [0.5, 0.6) is 5.75 Å². The fourth-order valence-electron chi connectivity index (χ4n) is 4.29. The van der Waals surface area contributed by atoms with Crippen LogP contribution in [0.4, 0.5) is 4.79 Å². The number of benzene rings is 1. The highest BCUT2D eigenvalue weighted by atomic mass is 16.6. The van der Waals surface area contributed by atoms with Gasteiger partial charge in [-0.2, -0.15) is 0 Å². The Bertz CT molecular complexity index is 1430. The second kappa shape index (κ2) is 11.7. The molecule has 0 fully saturated rings. The summed E-state index contributed by atoms with van der Waals surface area (Å²) in [7, 11) is 0. The van der Waals surface area contributed by atoms with E-state index < -0.39 is 29.4 Å². The van der Waals surface area contributed by atoms with Gasteiger partial charge in [0.25, 0.3) is 0 Å². The number of aryl methyl sites for hydroxylation is 3. The monoisotopic (exact) mass is 552 g/mol. The standard InChI is InChI=1S/C31H40N2O7/c1-17-11-13-21(14-12-17)24-22(16-32-28(35)40-31(8,9)10)23(15-30(5,6)7)33-19(3)26(24)38-27(34)18(2)25-20(4)37-29(36)39-25/h11-14,18H,15-16H2,1-10H3,(H,32,35). The molecule has 0 aliphatic heterocycles. The number of nitrogens with zero attached hydrogens (tertiary/aromatic N) is 1. The van der Waals surface area contributed by atoms with E-state index in [0.29, 0.717) is 17.7 Å². The predicted molar refractivity (Wildman–Crippen MR) is 151 cm³/mol. The van der Waals surface area contributed by atoms with E-state index in [-0.39, 0.29) is 29.2 Å². The van der Waals surface area contributed by atoms with Crippen LogP contribution in [0.25, 0.3) is 11.1 Å². The van der Waals surface area contributed by atoms with Crippen molar-refractivity contribution in [1.82, 2.24) is 10.3 Å². The molecule has 0 saturated heterocycles.